The molecule has 3 aromatic rings. The van der Waals surface area contributed by atoms with Crippen LogP contribution in [0, 0.1) is 0 Å². The Morgan fingerprint density at radius 1 is 1.26 bits per heavy atom. The maximum absolute atomic E-state index is 13.0. The molecule has 1 N–H and O–H groups in total. The van der Waals surface area contributed by atoms with Gasteiger partial charge < -0.3 is 5.11 Å². The molecule has 0 aliphatic carbocycles. The van der Waals surface area contributed by atoms with Crippen molar-refractivity contribution in [1.82, 2.24) is 4.98 Å². The second kappa shape index (κ2) is 6.27. The fourth-order valence-corrected chi connectivity index (χ4v) is 4.65. The number of fused-ring (bicyclic) bond motifs is 1. The van der Waals surface area contributed by atoms with Crippen molar-refractivity contribution in [3.8, 4) is 0 Å². The predicted molar refractivity (Wildman–Crippen MR) is 92.3 cm³/mol. The molecule has 0 unspecified atom stereocenters. The highest BCUT2D eigenvalue weighted by Gasteiger charge is 2.26. The van der Waals surface area contributed by atoms with Gasteiger partial charge in [-0.3, -0.25) is 9.29 Å². The van der Waals surface area contributed by atoms with Crippen LogP contribution in [0.2, 0.25) is 0 Å². The number of aromatic nitrogens is 1. The van der Waals surface area contributed by atoms with Crippen LogP contribution in [0.4, 0.5) is 5.69 Å². The van der Waals surface area contributed by atoms with Crippen LogP contribution in [-0.4, -0.2) is 31.2 Å². The first-order valence-corrected chi connectivity index (χ1v) is 9.39. The number of aliphatic hydroxyl groups is 1. The van der Waals surface area contributed by atoms with E-state index in [4.69, 9.17) is 0 Å². The van der Waals surface area contributed by atoms with Gasteiger partial charge in [-0.25, -0.2) is 8.42 Å². The van der Waals surface area contributed by atoms with Gasteiger partial charge in [0.15, 0.2) is 0 Å². The lowest BCUT2D eigenvalue weighted by atomic mass is 10.3. The third-order valence-electron chi connectivity index (χ3n) is 3.34. The molecule has 0 saturated carbocycles. The Morgan fingerprint density at radius 2 is 2.00 bits per heavy atom. The van der Waals surface area contributed by atoms with Crippen molar-refractivity contribution in [2.24, 2.45) is 0 Å². The molecule has 0 amide bonds. The van der Waals surface area contributed by atoms with E-state index in [1.165, 1.54) is 21.8 Å². The fourth-order valence-electron chi connectivity index (χ4n) is 2.27. The summed E-state index contributed by atoms with van der Waals surface area (Å²) in [6.45, 7) is 1.54. The number of anilines is 1. The molecule has 1 aromatic carbocycles. The Hall–Kier alpha value is -1.96. The topological polar surface area (TPSA) is 70.5 Å². The van der Waals surface area contributed by atoms with Gasteiger partial charge in [-0.2, -0.15) is 0 Å². The van der Waals surface area contributed by atoms with E-state index in [0.717, 1.165) is 10.2 Å². The van der Waals surface area contributed by atoms with Crippen molar-refractivity contribution >= 4 is 37.3 Å². The van der Waals surface area contributed by atoms with Crippen LogP contribution in [0.3, 0.4) is 0 Å². The first kappa shape index (κ1) is 15.9. The lowest BCUT2D eigenvalue weighted by Crippen LogP contribution is -2.36. The zero-order valence-corrected chi connectivity index (χ0v) is 14.1. The van der Waals surface area contributed by atoms with Crippen LogP contribution in [0.25, 0.3) is 10.2 Å². The summed E-state index contributed by atoms with van der Waals surface area (Å²) in [4.78, 5) is 4.33. The number of rotatable bonds is 5. The van der Waals surface area contributed by atoms with E-state index >= 15 is 0 Å². The number of benzene rings is 1. The van der Waals surface area contributed by atoms with Crippen molar-refractivity contribution in [3.05, 3.63) is 54.0 Å². The smallest absolute Gasteiger partial charge is 0.265 e. The van der Waals surface area contributed by atoms with Crippen molar-refractivity contribution < 1.29 is 13.5 Å². The number of thiophene rings is 1. The molecule has 1 atom stereocenters. The first-order chi connectivity index (χ1) is 11.0. The molecular weight excluding hydrogens is 332 g/mol. The second-order valence-corrected chi connectivity index (χ2v) is 8.01. The maximum Gasteiger partial charge on any atom is 0.265 e. The standard InChI is InChI=1S/C16H16N2O3S2/c1-12(19)11-18(13-5-3-2-4-6-13)23(20,21)14-9-16-15(17-10-14)7-8-22-16/h2-10,12,19H,11H2,1H3/t12-/m1/s1. The molecule has 7 heteroatoms. The number of hydrogen-bond donors (Lipinski definition) is 1. The number of aliphatic hydroxyl groups excluding tert-OH is 1. The molecule has 23 heavy (non-hydrogen) atoms. The zero-order valence-electron chi connectivity index (χ0n) is 12.5. The van der Waals surface area contributed by atoms with Gasteiger partial charge in [0.25, 0.3) is 10.0 Å². The van der Waals surface area contributed by atoms with E-state index in [1.807, 2.05) is 17.5 Å². The summed E-state index contributed by atoms with van der Waals surface area (Å²) in [5.74, 6) is 0. The molecular formula is C16H16N2O3S2. The van der Waals surface area contributed by atoms with Crippen molar-refractivity contribution in [1.29, 1.82) is 0 Å². The summed E-state index contributed by atoms with van der Waals surface area (Å²) in [7, 11) is -3.80. The van der Waals surface area contributed by atoms with Crippen LogP contribution in [0.15, 0.2) is 58.9 Å². The molecule has 0 aliphatic heterocycles. The molecule has 0 radical (unpaired) electrons. The van der Waals surface area contributed by atoms with Gasteiger partial charge in [-0.1, -0.05) is 18.2 Å². The van der Waals surface area contributed by atoms with E-state index in [9.17, 15) is 13.5 Å². The number of para-hydroxylation sites is 1. The lowest BCUT2D eigenvalue weighted by molar-refractivity contribution is 0.204. The minimum absolute atomic E-state index is 0.0190. The molecule has 0 spiro atoms. The van der Waals surface area contributed by atoms with Crippen LogP contribution >= 0.6 is 11.3 Å². The largest absolute Gasteiger partial charge is 0.392 e. The Bertz CT molecular complexity index is 905. The molecule has 3 rings (SSSR count). The highest BCUT2D eigenvalue weighted by Crippen LogP contribution is 2.27. The average Bonchev–Trinajstić information content (AvgIpc) is 3.00. The monoisotopic (exact) mass is 348 g/mol. The minimum Gasteiger partial charge on any atom is -0.392 e. The molecule has 0 bridgehead atoms. The highest BCUT2D eigenvalue weighted by atomic mass is 32.2. The molecule has 2 heterocycles. The van der Waals surface area contributed by atoms with Crippen LogP contribution in [0.5, 0.6) is 0 Å². The average molecular weight is 348 g/mol. The third kappa shape index (κ3) is 3.21. The lowest BCUT2D eigenvalue weighted by Gasteiger charge is -2.25. The Kier molecular flexibility index (Phi) is 4.34. The highest BCUT2D eigenvalue weighted by molar-refractivity contribution is 7.92. The van der Waals surface area contributed by atoms with Crippen molar-refractivity contribution in [3.63, 3.8) is 0 Å². The molecule has 0 aliphatic rings. The SMILES string of the molecule is C[C@@H](O)CN(c1ccccc1)S(=O)(=O)c1cnc2ccsc2c1. The van der Waals surface area contributed by atoms with E-state index in [0.29, 0.717) is 5.69 Å². The predicted octanol–water partition coefficient (Wildman–Crippen LogP) is 2.87. The Morgan fingerprint density at radius 3 is 2.70 bits per heavy atom. The van der Waals surface area contributed by atoms with Crippen LogP contribution < -0.4 is 4.31 Å². The molecule has 0 saturated heterocycles. The van der Waals surface area contributed by atoms with E-state index < -0.39 is 16.1 Å². The van der Waals surface area contributed by atoms with E-state index in [2.05, 4.69) is 4.98 Å². The number of nitrogens with zero attached hydrogens (tertiary/aromatic N) is 2. The van der Waals surface area contributed by atoms with Gasteiger partial charge in [0.2, 0.25) is 0 Å². The van der Waals surface area contributed by atoms with Gasteiger partial charge in [-0.15, -0.1) is 11.3 Å². The Labute approximate surface area is 138 Å². The number of sulfonamides is 1. The summed E-state index contributed by atoms with van der Waals surface area (Å²) in [5, 5.41) is 11.6. The normalized spacial score (nSPS) is 13.1. The Balaban J connectivity index is 2.09. The van der Waals surface area contributed by atoms with Crippen molar-refractivity contribution in [2.75, 3.05) is 10.8 Å². The summed E-state index contributed by atoms with van der Waals surface area (Å²) in [6.07, 6.45) is 0.575. The zero-order chi connectivity index (χ0) is 16.4. The minimum atomic E-state index is -3.80. The van der Waals surface area contributed by atoms with Gasteiger partial charge in [0.1, 0.15) is 4.90 Å². The quantitative estimate of drug-likeness (QED) is 0.770. The molecule has 5 nitrogen and oxygen atoms in total. The third-order valence-corrected chi connectivity index (χ3v) is 5.95. The maximum atomic E-state index is 13.0. The van der Waals surface area contributed by atoms with Gasteiger partial charge in [0.05, 0.1) is 28.6 Å². The first-order valence-electron chi connectivity index (χ1n) is 7.07. The van der Waals surface area contributed by atoms with E-state index in [1.54, 1.807) is 37.3 Å². The van der Waals surface area contributed by atoms with Gasteiger partial charge >= 0.3 is 0 Å². The summed E-state index contributed by atoms with van der Waals surface area (Å²) in [5.41, 5.74) is 1.29. The second-order valence-electron chi connectivity index (χ2n) is 5.20. The molecule has 120 valence electrons. The van der Waals surface area contributed by atoms with Gasteiger partial charge in [-0.05, 0) is 36.6 Å². The molecule has 2 aromatic heterocycles. The number of pyridine rings is 1. The summed E-state index contributed by atoms with van der Waals surface area (Å²) in [6, 6.07) is 12.2. The van der Waals surface area contributed by atoms with E-state index in [-0.39, 0.29) is 11.4 Å². The summed E-state index contributed by atoms with van der Waals surface area (Å²) >= 11 is 1.44. The number of hydrogen-bond acceptors (Lipinski definition) is 5. The fraction of sp³-hybridized carbons (Fsp3) is 0.188. The van der Waals surface area contributed by atoms with Crippen LogP contribution in [-0.2, 0) is 10.0 Å². The van der Waals surface area contributed by atoms with Crippen molar-refractivity contribution in [2.45, 2.75) is 17.9 Å². The summed E-state index contributed by atoms with van der Waals surface area (Å²) < 4.78 is 28.1. The van der Waals surface area contributed by atoms with Crippen LogP contribution in [0.1, 0.15) is 6.92 Å². The molecule has 0 fully saturated rings. The van der Waals surface area contributed by atoms with Gasteiger partial charge in [0, 0.05) is 6.20 Å².